The van der Waals surface area contributed by atoms with Crippen molar-refractivity contribution in [2.45, 2.75) is 93.1 Å². The minimum absolute atomic E-state index is 0.00946. The molecule has 1 aromatic carbocycles. The van der Waals surface area contributed by atoms with Crippen molar-refractivity contribution >= 4 is 5.97 Å². The van der Waals surface area contributed by atoms with Gasteiger partial charge in [0.2, 0.25) is 0 Å². The lowest BCUT2D eigenvalue weighted by Crippen LogP contribution is -2.29. The lowest BCUT2D eigenvalue weighted by molar-refractivity contribution is -0.154. The van der Waals surface area contributed by atoms with Crippen molar-refractivity contribution < 1.29 is 9.53 Å². The monoisotopic (exact) mass is 356 g/mol. The Morgan fingerprint density at radius 3 is 2.50 bits per heavy atom. The van der Waals surface area contributed by atoms with Gasteiger partial charge in [0.1, 0.15) is 6.61 Å². The number of rotatable bonds is 4. The lowest BCUT2D eigenvalue weighted by atomic mass is 9.78. The highest BCUT2D eigenvalue weighted by molar-refractivity contribution is 5.82. The normalized spacial score (nSPS) is 27.0. The summed E-state index contributed by atoms with van der Waals surface area (Å²) in [7, 11) is 0. The Labute approximate surface area is 159 Å². The van der Waals surface area contributed by atoms with E-state index in [9.17, 15) is 4.79 Å². The van der Waals surface area contributed by atoms with Crippen molar-refractivity contribution in [1.29, 1.82) is 0 Å². The molecule has 26 heavy (non-hydrogen) atoms. The van der Waals surface area contributed by atoms with E-state index in [0.29, 0.717) is 12.5 Å². The summed E-state index contributed by atoms with van der Waals surface area (Å²) >= 11 is 0. The lowest BCUT2D eigenvalue weighted by Gasteiger charge is -2.29. The topological polar surface area (TPSA) is 26.3 Å². The summed E-state index contributed by atoms with van der Waals surface area (Å²) in [6.45, 7) is 16.0. The van der Waals surface area contributed by atoms with E-state index in [1.165, 1.54) is 35.1 Å². The summed E-state index contributed by atoms with van der Waals surface area (Å²) in [5.74, 6) is 0.573. The van der Waals surface area contributed by atoms with Gasteiger partial charge in [-0.05, 0) is 78.0 Å². The largest absolute Gasteiger partial charge is 0.460 e. The first-order valence-corrected chi connectivity index (χ1v) is 10.3. The molecular formula is C24H36O2. The van der Waals surface area contributed by atoms with Crippen LogP contribution in [0.3, 0.4) is 0 Å². The molecule has 1 saturated carbocycles. The van der Waals surface area contributed by atoms with Gasteiger partial charge in [0, 0.05) is 0 Å². The first-order valence-electron chi connectivity index (χ1n) is 10.3. The van der Waals surface area contributed by atoms with Crippen LogP contribution in [0.25, 0.3) is 0 Å². The molecule has 0 heterocycles. The Hall–Kier alpha value is -1.31. The maximum absolute atomic E-state index is 13.1. The second-order valence-electron chi connectivity index (χ2n) is 10.7. The van der Waals surface area contributed by atoms with Gasteiger partial charge in [-0.15, -0.1) is 0 Å². The first kappa shape index (κ1) is 19.5. The maximum Gasteiger partial charge on any atom is 0.312 e. The quantitative estimate of drug-likeness (QED) is 0.589. The first-order chi connectivity index (χ1) is 12.0. The Morgan fingerprint density at radius 1 is 1.27 bits per heavy atom. The van der Waals surface area contributed by atoms with E-state index in [2.05, 4.69) is 60.6 Å². The average Bonchev–Trinajstić information content (AvgIpc) is 3.06. The van der Waals surface area contributed by atoms with Crippen LogP contribution < -0.4 is 0 Å². The number of fused-ring (bicyclic) bond motifs is 1. The van der Waals surface area contributed by atoms with Crippen molar-refractivity contribution in [3.05, 3.63) is 34.4 Å². The van der Waals surface area contributed by atoms with Crippen LogP contribution in [0.1, 0.15) is 95.4 Å². The predicted octanol–water partition coefficient (Wildman–Crippen LogP) is 6.33. The summed E-state index contributed by atoms with van der Waals surface area (Å²) in [5, 5.41) is 0. The highest BCUT2D eigenvalue weighted by atomic mass is 16.5. The summed E-state index contributed by atoms with van der Waals surface area (Å²) in [4.78, 5) is 13.1. The van der Waals surface area contributed by atoms with Crippen molar-refractivity contribution in [2.75, 3.05) is 0 Å². The van der Waals surface area contributed by atoms with Crippen LogP contribution in [-0.2, 0) is 22.6 Å². The Kier molecular flexibility index (Phi) is 4.78. The smallest absolute Gasteiger partial charge is 0.312 e. The molecule has 3 rings (SSSR count). The van der Waals surface area contributed by atoms with Gasteiger partial charge >= 0.3 is 5.97 Å². The number of hydrogen-bond donors (Lipinski definition) is 0. The van der Waals surface area contributed by atoms with Crippen LogP contribution in [0.4, 0.5) is 0 Å². The van der Waals surface area contributed by atoms with E-state index >= 15 is 0 Å². The van der Waals surface area contributed by atoms with E-state index in [0.717, 1.165) is 19.3 Å². The summed E-state index contributed by atoms with van der Waals surface area (Å²) < 4.78 is 5.95. The Balaban J connectivity index is 1.78. The zero-order valence-corrected chi connectivity index (χ0v) is 17.8. The van der Waals surface area contributed by atoms with E-state index in [1.807, 2.05) is 0 Å². The molecule has 0 radical (unpaired) electrons. The van der Waals surface area contributed by atoms with Crippen LogP contribution in [-0.4, -0.2) is 5.97 Å². The zero-order valence-electron chi connectivity index (χ0n) is 17.8. The summed E-state index contributed by atoms with van der Waals surface area (Å²) in [6.07, 6.45) is 5.50. The number of carbonyl (C=O) groups is 1. The van der Waals surface area contributed by atoms with Crippen LogP contribution in [0.5, 0.6) is 0 Å². The van der Waals surface area contributed by atoms with Gasteiger partial charge in [-0.25, -0.2) is 0 Å². The number of benzene rings is 1. The molecule has 144 valence electrons. The molecule has 2 nitrogen and oxygen atoms in total. The molecule has 0 aliphatic heterocycles. The minimum atomic E-state index is -0.304. The van der Waals surface area contributed by atoms with Crippen molar-refractivity contribution in [3.8, 4) is 0 Å². The molecule has 2 unspecified atom stereocenters. The fraction of sp³-hybridized carbons (Fsp3) is 0.708. The fourth-order valence-electron chi connectivity index (χ4n) is 5.24. The van der Waals surface area contributed by atoms with E-state index in [1.54, 1.807) is 0 Å². The molecule has 2 aliphatic carbocycles. The number of hydrogen-bond acceptors (Lipinski definition) is 2. The van der Waals surface area contributed by atoms with Gasteiger partial charge in [-0.1, -0.05) is 53.7 Å². The van der Waals surface area contributed by atoms with Gasteiger partial charge in [-0.2, -0.15) is 0 Å². The number of aryl methyl sites for hydroxylation is 1. The Morgan fingerprint density at radius 2 is 1.92 bits per heavy atom. The second kappa shape index (κ2) is 6.39. The van der Waals surface area contributed by atoms with Gasteiger partial charge in [0.25, 0.3) is 0 Å². The SMILES string of the molecule is Cc1ccc(COC(=O)C2(CC(C)(C)C)CC2(C)C)c2c1CCCC2C. The standard InChI is InChI=1S/C24H36O2/c1-16-11-12-18(20-17(2)9-8-10-19(16)20)13-26-21(25)24(14-22(3,4)5)15-23(24,6)7/h11-12,17H,8-10,13-15H2,1-7H3. The van der Waals surface area contributed by atoms with Gasteiger partial charge in [-0.3, -0.25) is 4.79 Å². The molecule has 0 N–H and O–H groups in total. The van der Waals surface area contributed by atoms with Crippen LogP contribution in [0.2, 0.25) is 0 Å². The third-order valence-corrected chi connectivity index (χ3v) is 6.73. The van der Waals surface area contributed by atoms with Gasteiger partial charge in [0.15, 0.2) is 0 Å². The summed E-state index contributed by atoms with van der Waals surface area (Å²) in [6, 6.07) is 4.38. The van der Waals surface area contributed by atoms with Crippen molar-refractivity contribution in [3.63, 3.8) is 0 Å². The van der Waals surface area contributed by atoms with Crippen LogP contribution in [0.15, 0.2) is 12.1 Å². The highest BCUT2D eigenvalue weighted by Crippen LogP contribution is 2.68. The fourth-order valence-corrected chi connectivity index (χ4v) is 5.24. The third kappa shape index (κ3) is 3.44. The minimum Gasteiger partial charge on any atom is -0.460 e. The molecule has 0 spiro atoms. The molecule has 1 fully saturated rings. The third-order valence-electron chi connectivity index (χ3n) is 6.73. The maximum atomic E-state index is 13.1. The van der Waals surface area contributed by atoms with Crippen LogP contribution >= 0.6 is 0 Å². The Bertz CT molecular complexity index is 708. The second-order valence-corrected chi connectivity index (χ2v) is 10.7. The zero-order chi connectivity index (χ0) is 19.3. The average molecular weight is 357 g/mol. The number of carbonyl (C=O) groups excluding carboxylic acids is 1. The summed E-state index contributed by atoms with van der Waals surface area (Å²) in [5.41, 5.74) is 5.42. The number of ether oxygens (including phenoxy) is 1. The number of esters is 1. The predicted molar refractivity (Wildman–Crippen MR) is 107 cm³/mol. The van der Waals surface area contributed by atoms with Crippen molar-refractivity contribution in [1.82, 2.24) is 0 Å². The molecule has 2 aliphatic rings. The van der Waals surface area contributed by atoms with Crippen molar-refractivity contribution in [2.24, 2.45) is 16.2 Å². The van der Waals surface area contributed by atoms with Crippen LogP contribution in [0, 0.1) is 23.2 Å². The molecule has 0 aromatic heterocycles. The molecule has 2 atom stereocenters. The van der Waals surface area contributed by atoms with Gasteiger partial charge in [0.05, 0.1) is 5.41 Å². The molecule has 2 heteroatoms. The van der Waals surface area contributed by atoms with E-state index in [4.69, 9.17) is 4.74 Å². The van der Waals surface area contributed by atoms with E-state index < -0.39 is 0 Å². The highest BCUT2D eigenvalue weighted by Gasteiger charge is 2.67. The van der Waals surface area contributed by atoms with E-state index in [-0.39, 0.29) is 22.2 Å². The molecule has 1 aromatic rings. The molecular weight excluding hydrogens is 320 g/mol. The van der Waals surface area contributed by atoms with Gasteiger partial charge < -0.3 is 4.74 Å². The molecule has 0 saturated heterocycles. The molecule has 0 bridgehead atoms. The molecule has 0 amide bonds.